The topological polar surface area (TPSA) is 43.9 Å². The molecule has 1 aromatic carbocycles. The van der Waals surface area contributed by atoms with Crippen molar-refractivity contribution in [3.05, 3.63) is 35.9 Å². The van der Waals surface area contributed by atoms with Crippen LogP contribution in [0.15, 0.2) is 30.3 Å². The molecule has 0 bridgehead atoms. The van der Waals surface area contributed by atoms with Crippen LogP contribution in [0, 0.1) is 5.92 Å². The minimum Gasteiger partial charge on any atom is -0.342 e. The molecule has 1 aromatic rings. The molecule has 2 amide bonds. The van der Waals surface area contributed by atoms with Crippen molar-refractivity contribution in [3.8, 4) is 0 Å². The molecule has 1 unspecified atom stereocenters. The second-order valence-electron chi connectivity index (χ2n) is 7.56. The lowest BCUT2D eigenvalue weighted by atomic mass is 9.95. The Balaban J connectivity index is 1.50. The summed E-state index contributed by atoms with van der Waals surface area (Å²) >= 11 is 0. The standard InChI is InChI=1S/C20H26F3N3O2/c21-20(22,23)15-24-9-11-25(12-10-24)19(28)17-7-4-8-26(14-17)18(27)13-16-5-2-1-3-6-16/h1-3,5-6,17H,4,7-15H2. The molecular weight excluding hydrogens is 371 g/mol. The van der Waals surface area contributed by atoms with Gasteiger partial charge in [0.15, 0.2) is 0 Å². The number of hydrogen-bond donors (Lipinski definition) is 0. The van der Waals surface area contributed by atoms with Crippen LogP contribution < -0.4 is 0 Å². The summed E-state index contributed by atoms with van der Waals surface area (Å²) in [6, 6.07) is 9.50. The predicted octanol–water partition coefficient (Wildman–Crippen LogP) is 2.17. The summed E-state index contributed by atoms with van der Waals surface area (Å²) in [4.78, 5) is 30.1. The number of rotatable bonds is 4. The van der Waals surface area contributed by atoms with Gasteiger partial charge >= 0.3 is 6.18 Å². The highest BCUT2D eigenvalue weighted by Gasteiger charge is 2.35. The fourth-order valence-corrected chi connectivity index (χ4v) is 3.93. The minimum atomic E-state index is -4.21. The Labute approximate surface area is 163 Å². The van der Waals surface area contributed by atoms with Gasteiger partial charge in [-0.3, -0.25) is 14.5 Å². The molecule has 8 heteroatoms. The summed E-state index contributed by atoms with van der Waals surface area (Å²) in [5.41, 5.74) is 0.946. The van der Waals surface area contributed by atoms with E-state index in [-0.39, 0.29) is 30.8 Å². The van der Waals surface area contributed by atoms with E-state index in [2.05, 4.69) is 0 Å². The lowest BCUT2D eigenvalue weighted by Crippen LogP contribution is -2.54. The van der Waals surface area contributed by atoms with Gasteiger partial charge in [-0.15, -0.1) is 0 Å². The Morgan fingerprint density at radius 1 is 0.964 bits per heavy atom. The maximum Gasteiger partial charge on any atom is 0.401 e. The van der Waals surface area contributed by atoms with Crippen molar-refractivity contribution in [1.82, 2.24) is 14.7 Å². The number of halogens is 3. The van der Waals surface area contributed by atoms with Crippen LogP contribution in [-0.2, 0) is 16.0 Å². The molecular formula is C20H26F3N3O2. The van der Waals surface area contributed by atoms with E-state index in [9.17, 15) is 22.8 Å². The smallest absolute Gasteiger partial charge is 0.342 e. The van der Waals surface area contributed by atoms with Crippen molar-refractivity contribution in [1.29, 1.82) is 0 Å². The molecule has 2 heterocycles. The summed E-state index contributed by atoms with van der Waals surface area (Å²) in [6.45, 7) is 1.19. The number of piperidine rings is 1. The molecule has 2 saturated heterocycles. The predicted molar refractivity (Wildman–Crippen MR) is 98.5 cm³/mol. The molecule has 0 radical (unpaired) electrons. The summed E-state index contributed by atoms with van der Waals surface area (Å²) in [5.74, 6) is -0.287. The van der Waals surface area contributed by atoms with E-state index >= 15 is 0 Å². The summed E-state index contributed by atoms with van der Waals surface area (Å²) < 4.78 is 37.5. The van der Waals surface area contributed by atoms with Gasteiger partial charge in [0.25, 0.3) is 0 Å². The zero-order chi connectivity index (χ0) is 20.1. The molecule has 2 aliphatic rings. The highest BCUT2D eigenvalue weighted by atomic mass is 19.4. The third-order valence-corrected chi connectivity index (χ3v) is 5.41. The van der Waals surface area contributed by atoms with Gasteiger partial charge in [-0.2, -0.15) is 13.2 Å². The number of hydrogen-bond acceptors (Lipinski definition) is 3. The van der Waals surface area contributed by atoms with Crippen LogP contribution in [-0.4, -0.2) is 78.5 Å². The van der Waals surface area contributed by atoms with Gasteiger partial charge in [0.2, 0.25) is 11.8 Å². The van der Waals surface area contributed by atoms with Gasteiger partial charge in [-0.1, -0.05) is 30.3 Å². The van der Waals surface area contributed by atoms with E-state index in [1.807, 2.05) is 30.3 Å². The second kappa shape index (κ2) is 8.94. The average molecular weight is 397 g/mol. The number of piperazine rings is 1. The number of alkyl halides is 3. The van der Waals surface area contributed by atoms with Gasteiger partial charge in [0, 0.05) is 39.3 Å². The molecule has 0 aliphatic carbocycles. The highest BCUT2D eigenvalue weighted by molar-refractivity contribution is 5.82. The SMILES string of the molecule is O=C(Cc1ccccc1)N1CCCC(C(=O)N2CCN(CC(F)(F)F)CC2)C1. The maximum atomic E-state index is 12.8. The van der Waals surface area contributed by atoms with Crippen molar-refractivity contribution in [2.45, 2.75) is 25.4 Å². The van der Waals surface area contributed by atoms with E-state index in [4.69, 9.17) is 0 Å². The first kappa shape index (κ1) is 20.6. The lowest BCUT2D eigenvalue weighted by molar-refractivity contribution is -0.153. The molecule has 28 heavy (non-hydrogen) atoms. The van der Waals surface area contributed by atoms with Crippen LogP contribution >= 0.6 is 0 Å². The van der Waals surface area contributed by atoms with Crippen LogP contribution in [0.4, 0.5) is 13.2 Å². The molecule has 1 atom stereocenters. The maximum absolute atomic E-state index is 12.8. The number of benzene rings is 1. The van der Waals surface area contributed by atoms with E-state index in [1.165, 1.54) is 4.90 Å². The van der Waals surface area contributed by atoms with Crippen molar-refractivity contribution in [2.75, 3.05) is 45.8 Å². The quantitative estimate of drug-likeness (QED) is 0.782. The Morgan fingerprint density at radius 3 is 2.29 bits per heavy atom. The average Bonchev–Trinajstić information content (AvgIpc) is 2.68. The van der Waals surface area contributed by atoms with Crippen LogP contribution in [0.3, 0.4) is 0 Å². The van der Waals surface area contributed by atoms with Gasteiger partial charge in [-0.25, -0.2) is 0 Å². The van der Waals surface area contributed by atoms with Crippen LogP contribution in [0.5, 0.6) is 0 Å². The Hall–Kier alpha value is -2.09. The van der Waals surface area contributed by atoms with E-state index in [1.54, 1.807) is 9.80 Å². The Kier molecular flexibility index (Phi) is 6.59. The van der Waals surface area contributed by atoms with Crippen molar-refractivity contribution in [3.63, 3.8) is 0 Å². The van der Waals surface area contributed by atoms with Crippen LogP contribution in [0.1, 0.15) is 18.4 Å². The van der Waals surface area contributed by atoms with E-state index in [0.29, 0.717) is 32.6 Å². The first-order valence-electron chi connectivity index (χ1n) is 9.71. The molecule has 0 N–H and O–H groups in total. The van der Waals surface area contributed by atoms with Gasteiger partial charge < -0.3 is 9.80 Å². The zero-order valence-corrected chi connectivity index (χ0v) is 15.8. The first-order valence-corrected chi connectivity index (χ1v) is 9.71. The normalized spacial score (nSPS) is 21.6. The second-order valence-corrected chi connectivity index (χ2v) is 7.56. The fourth-order valence-electron chi connectivity index (χ4n) is 3.93. The largest absolute Gasteiger partial charge is 0.401 e. The summed E-state index contributed by atoms with van der Waals surface area (Å²) in [7, 11) is 0. The molecule has 0 aromatic heterocycles. The number of carbonyl (C=O) groups is 2. The number of nitrogens with zero attached hydrogens (tertiary/aromatic N) is 3. The molecule has 2 aliphatic heterocycles. The number of likely N-dealkylation sites (tertiary alicyclic amines) is 1. The molecule has 0 saturated carbocycles. The zero-order valence-electron chi connectivity index (χ0n) is 15.8. The van der Waals surface area contributed by atoms with Crippen LogP contribution in [0.2, 0.25) is 0 Å². The molecule has 154 valence electrons. The van der Waals surface area contributed by atoms with Crippen molar-refractivity contribution >= 4 is 11.8 Å². The minimum absolute atomic E-state index is 0.0127. The Bertz CT molecular complexity index is 673. The lowest BCUT2D eigenvalue weighted by Gasteiger charge is -2.39. The third kappa shape index (κ3) is 5.70. The van der Waals surface area contributed by atoms with Gasteiger partial charge in [0.1, 0.15) is 0 Å². The molecule has 2 fully saturated rings. The first-order chi connectivity index (χ1) is 13.3. The van der Waals surface area contributed by atoms with E-state index in [0.717, 1.165) is 18.4 Å². The molecule has 3 rings (SSSR count). The molecule has 5 nitrogen and oxygen atoms in total. The van der Waals surface area contributed by atoms with Gasteiger partial charge in [0.05, 0.1) is 18.9 Å². The van der Waals surface area contributed by atoms with Crippen molar-refractivity contribution in [2.24, 2.45) is 5.92 Å². The van der Waals surface area contributed by atoms with Crippen LogP contribution in [0.25, 0.3) is 0 Å². The Morgan fingerprint density at radius 2 is 1.64 bits per heavy atom. The summed E-state index contributed by atoms with van der Waals surface area (Å²) in [6.07, 6.45) is -2.41. The summed E-state index contributed by atoms with van der Waals surface area (Å²) in [5, 5.41) is 0. The highest BCUT2D eigenvalue weighted by Crippen LogP contribution is 2.22. The van der Waals surface area contributed by atoms with E-state index < -0.39 is 12.7 Å². The van der Waals surface area contributed by atoms with Crippen molar-refractivity contribution < 1.29 is 22.8 Å². The number of amides is 2. The monoisotopic (exact) mass is 397 g/mol. The third-order valence-electron chi connectivity index (χ3n) is 5.41. The van der Waals surface area contributed by atoms with Gasteiger partial charge in [-0.05, 0) is 18.4 Å². The molecule has 0 spiro atoms. The fraction of sp³-hybridized carbons (Fsp3) is 0.600. The number of carbonyl (C=O) groups excluding carboxylic acids is 2.